The first-order valence-electron chi connectivity index (χ1n) is 11.0. The molecule has 2 aromatic rings. The van der Waals surface area contributed by atoms with E-state index in [0.29, 0.717) is 23.7 Å². The van der Waals surface area contributed by atoms with Gasteiger partial charge < -0.3 is 10.2 Å². The molecule has 1 N–H and O–H groups in total. The number of aryl methyl sites for hydroxylation is 2. The highest BCUT2D eigenvalue weighted by molar-refractivity contribution is 7.99. The number of amides is 2. The lowest BCUT2D eigenvalue weighted by atomic mass is 10.1. The Hall–Kier alpha value is -1.98. The molecule has 0 saturated carbocycles. The van der Waals surface area contributed by atoms with Gasteiger partial charge in [0.2, 0.25) is 11.8 Å². The number of thioether (sulfide) groups is 1. The van der Waals surface area contributed by atoms with Gasteiger partial charge in [-0.1, -0.05) is 60.0 Å². The van der Waals surface area contributed by atoms with E-state index in [0.717, 1.165) is 11.3 Å². The van der Waals surface area contributed by atoms with E-state index in [1.165, 1.54) is 16.7 Å². The zero-order chi connectivity index (χ0) is 23.9. The van der Waals surface area contributed by atoms with Crippen molar-refractivity contribution in [1.29, 1.82) is 0 Å². The molecule has 2 aromatic carbocycles. The Labute approximate surface area is 202 Å². The van der Waals surface area contributed by atoms with Crippen molar-refractivity contribution in [2.45, 2.75) is 71.8 Å². The summed E-state index contributed by atoms with van der Waals surface area (Å²) in [6.45, 7) is 12.3. The summed E-state index contributed by atoms with van der Waals surface area (Å²) in [6, 6.07) is 13.4. The molecule has 0 fully saturated rings. The monoisotopic (exact) mass is 474 g/mol. The first kappa shape index (κ1) is 26.3. The Morgan fingerprint density at radius 2 is 1.62 bits per heavy atom. The predicted octanol–water partition coefficient (Wildman–Crippen LogP) is 5.91. The highest BCUT2D eigenvalue weighted by Crippen LogP contribution is 2.20. The Balaban J connectivity index is 2.16. The van der Waals surface area contributed by atoms with E-state index in [4.69, 9.17) is 11.6 Å². The van der Waals surface area contributed by atoms with Gasteiger partial charge in [-0.15, -0.1) is 11.8 Å². The maximum Gasteiger partial charge on any atom is 0.243 e. The van der Waals surface area contributed by atoms with Crippen LogP contribution in [0.15, 0.2) is 42.5 Å². The Kier molecular flexibility index (Phi) is 9.65. The molecule has 6 heteroatoms. The molecule has 0 aliphatic rings. The maximum atomic E-state index is 13.3. The quantitative estimate of drug-likeness (QED) is 0.491. The van der Waals surface area contributed by atoms with E-state index in [9.17, 15) is 9.59 Å². The van der Waals surface area contributed by atoms with Gasteiger partial charge in [0.1, 0.15) is 6.04 Å². The second kappa shape index (κ2) is 11.8. The molecule has 0 saturated heterocycles. The standard InChI is InChI=1S/C26H35ClN2O2S/c1-7-23(25(31)28-26(4,5)6)29(15-20-8-10-22(27)11-9-20)24(30)17-32-16-21-13-18(2)12-19(3)14-21/h8-14,23H,7,15-17H2,1-6H3,(H,28,31)/t23-/m1/s1. The molecular formula is C26H35ClN2O2S. The molecule has 0 unspecified atom stereocenters. The van der Waals surface area contributed by atoms with Crippen LogP contribution in [-0.2, 0) is 21.9 Å². The highest BCUT2D eigenvalue weighted by Gasteiger charge is 2.30. The number of hydrogen-bond acceptors (Lipinski definition) is 3. The van der Waals surface area contributed by atoms with Crippen molar-refractivity contribution in [3.63, 3.8) is 0 Å². The van der Waals surface area contributed by atoms with Gasteiger partial charge in [0, 0.05) is 22.9 Å². The topological polar surface area (TPSA) is 49.4 Å². The molecule has 4 nitrogen and oxygen atoms in total. The van der Waals surface area contributed by atoms with Crippen LogP contribution in [0.25, 0.3) is 0 Å². The first-order chi connectivity index (χ1) is 15.0. The van der Waals surface area contributed by atoms with Crippen molar-refractivity contribution in [2.75, 3.05) is 5.75 Å². The molecular weight excluding hydrogens is 440 g/mol. The van der Waals surface area contributed by atoms with Gasteiger partial charge in [-0.05, 0) is 64.3 Å². The van der Waals surface area contributed by atoms with Gasteiger partial charge in [0.05, 0.1) is 5.75 Å². The molecule has 0 spiro atoms. The number of benzene rings is 2. The number of halogens is 1. The van der Waals surface area contributed by atoms with E-state index in [-0.39, 0.29) is 17.4 Å². The number of carbonyl (C=O) groups excluding carboxylic acids is 2. The summed E-state index contributed by atoms with van der Waals surface area (Å²) < 4.78 is 0. The van der Waals surface area contributed by atoms with Gasteiger partial charge in [-0.3, -0.25) is 9.59 Å². The molecule has 2 amide bonds. The summed E-state index contributed by atoms with van der Waals surface area (Å²) in [4.78, 5) is 28.0. The highest BCUT2D eigenvalue weighted by atomic mass is 35.5. The number of nitrogens with zero attached hydrogens (tertiary/aromatic N) is 1. The average Bonchev–Trinajstić information content (AvgIpc) is 2.67. The lowest BCUT2D eigenvalue weighted by molar-refractivity contribution is -0.140. The van der Waals surface area contributed by atoms with Crippen LogP contribution in [-0.4, -0.2) is 34.0 Å². The van der Waals surface area contributed by atoms with Crippen molar-refractivity contribution in [3.05, 3.63) is 69.7 Å². The zero-order valence-electron chi connectivity index (χ0n) is 20.0. The second-order valence-corrected chi connectivity index (χ2v) is 10.7. The molecule has 1 atom stereocenters. The third-order valence-electron chi connectivity index (χ3n) is 4.93. The van der Waals surface area contributed by atoms with Crippen molar-refractivity contribution in [1.82, 2.24) is 10.2 Å². The molecule has 0 radical (unpaired) electrons. The van der Waals surface area contributed by atoms with E-state index >= 15 is 0 Å². The lowest BCUT2D eigenvalue weighted by Gasteiger charge is -2.33. The third kappa shape index (κ3) is 8.51. The summed E-state index contributed by atoms with van der Waals surface area (Å²) in [6.07, 6.45) is 0.545. The zero-order valence-corrected chi connectivity index (χ0v) is 21.6. The fourth-order valence-electron chi connectivity index (χ4n) is 3.65. The third-order valence-corrected chi connectivity index (χ3v) is 6.17. The average molecular weight is 475 g/mol. The number of hydrogen-bond donors (Lipinski definition) is 1. The van der Waals surface area contributed by atoms with Gasteiger partial charge in [-0.2, -0.15) is 0 Å². The van der Waals surface area contributed by atoms with Crippen molar-refractivity contribution in [2.24, 2.45) is 0 Å². The Bertz CT molecular complexity index is 902. The van der Waals surface area contributed by atoms with E-state index in [1.807, 2.05) is 52.0 Å². The fraction of sp³-hybridized carbons (Fsp3) is 0.462. The minimum Gasteiger partial charge on any atom is -0.350 e. The molecule has 0 heterocycles. The van der Waals surface area contributed by atoms with Crippen LogP contribution in [0.3, 0.4) is 0 Å². The van der Waals surface area contributed by atoms with Crippen LogP contribution in [0.1, 0.15) is 56.4 Å². The van der Waals surface area contributed by atoms with Crippen LogP contribution in [0, 0.1) is 13.8 Å². The second-order valence-electron chi connectivity index (χ2n) is 9.30. The van der Waals surface area contributed by atoms with Gasteiger partial charge in [0.25, 0.3) is 0 Å². The molecule has 32 heavy (non-hydrogen) atoms. The molecule has 2 rings (SSSR count). The van der Waals surface area contributed by atoms with Gasteiger partial charge in [-0.25, -0.2) is 0 Å². The Morgan fingerprint density at radius 3 is 2.16 bits per heavy atom. The van der Waals surface area contributed by atoms with Crippen molar-refractivity contribution in [3.8, 4) is 0 Å². The summed E-state index contributed by atoms with van der Waals surface area (Å²) >= 11 is 7.61. The van der Waals surface area contributed by atoms with E-state index in [1.54, 1.807) is 16.7 Å². The van der Waals surface area contributed by atoms with E-state index in [2.05, 4.69) is 37.4 Å². The summed E-state index contributed by atoms with van der Waals surface area (Å²) in [5.74, 6) is 0.917. The van der Waals surface area contributed by atoms with Crippen LogP contribution in [0.2, 0.25) is 5.02 Å². The van der Waals surface area contributed by atoms with Gasteiger partial charge in [0.15, 0.2) is 0 Å². The predicted molar refractivity (Wildman–Crippen MR) is 136 cm³/mol. The minimum atomic E-state index is -0.529. The van der Waals surface area contributed by atoms with Crippen LogP contribution in [0.4, 0.5) is 0 Å². The SMILES string of the molecule is CC[C@H](C(=O)NC(C)(C)C)N(Cc1ccc(Cl)cc1)C(=O)CSCc1cc(C)cc(C)c1. The van der Waals surface area contributed by atoms with E-state index < -0.39 is 6.04 Å². The summed E-state index contributed by atoms with van der Waals surface area (Å²) in [7, 11) is 0. The molecule has 0 aliphatic carbocycles. The normalized spacial score (nSPS) is 12.3. The number of carbonyl (C=O) groups is 2. The Morgan fingerprint density at radius 1 is 1.03 bits per heavy atom. The molecule has 0 aromatic heterocycles. The maximum absolute atomic E-state index is 13.3. The van der Waals surface area contributed by atoms with Crippen LogP contribution in [0.5, 0.6) is 0 Å². The van der Waals surface area contributed by atoms with Crippen LogP contribution < -0.4 is 5.32 Å². The lowest BCUT2D eigenvalue weighted by Crippen LogP contribution is -2.53. The van der Waals surface area contributed by atoms with Crippen molar-refractivity contribution >= 4 is 35.2 Å². The summed E-state index contributed by atoms with van der Waals surface area (Å²) in [5, 5.41) is 3.68. The largest absolute Gasteiger partial charge is 0.350 e. The van der Waals surface area contributed by atoms with Crippen molar-refractivity contribution < 1.29 is 9.59 Å². The number of rotatable bonds is 9. The fourth-order valence-corrected chi connectivity index (χ4v) is 4.62. The number of nitrogens with one attached hydrogen (secondary N) is 1. The van der Waals surface area contributed by atoms with Crippen LogP contribution >= 0.6 is 23.4 Å². The van der Waals surface area contributed by atoms with Gasteiger partial charge >= 0.3 is 0 Å². The summed E-state index contributed by atoms with van der Waals surface area (Å²) in [5.41, 5.74) is 4.24. The smallest absolute Gasteiger partial charge is 0.243 e. The molecule has 174 valence electrons. The molecule has 0 bridgehead atoms. The minimum absolute atomic E-state index is 0.0368. The molecule has 0 aliphatic heterocycles. The first-order valence-corrected chi connectivity index (χ1v) is 12.5.